The molecule has 31 heavy (non-hydrogen) atoms. The molecule has 0 bridgehead atoms. The molecule has 0 saturated carbocycles. The maximum atomic E-state index is 11.9. The molecule has 2 aromatic carbocycles. The summed E-state index contributed by atoms with van der Waals surface area (Å²) in [5.41, 5.74) is 0.811. The highest BCUT2D eigenvalue weighted by Gasteiger charge is 2.16. The van der Waals surface area contributed by atoms with E-state index in [2.05, 4.69) is 21.4 Å². The molecule has 0 unspecified atom stereocenters. The fourth-order valence-electron chi connectivity index (χ4n) is 2.61. The average Bonchev–Trinajstić information content (AvgIpc) is 3.19. The van der Waals surface area contributed by atoms with Gasteiger partial charge in [0.15, 0.2) is 11.0 Å². The number of nitrogens with zero attached hydrogens (tertiary/aromatic N) is 3. The van der Waals surface area contributed by atoms with Gasteiger partial charge in [-0.1, -0.05) is 29.3 Å². The van der Waals surface area contributed by atoms with Gasteiger partial charge in [-0.3, -0.25) is 9.36 Å². The van der Waals surface area contributed by atoms with Gasteiger partial charge in [0.05, 0.1) is 18.9 Å². The minimum atomic E-state index is -0.180. The van der Waals surface area contributed by atoms with Crippen LogP contribution in [0.15, 0.2) is 53.7 Å². The number of amides is 1. The van der Waals surface area contributed by atoms with E-state index in [0.29, 0.717) is 28.4 Å². The summed E-state index contributed by atoms with van der Waals surface area (Å²) in [7, 11) is 0. The standard InChI is InChI=1S/C22H21ClN4O3S/c1-3-13-24-21(28)15-31-22-26-25-20(27(22)17-7-5-16(23)6-8-17)14-30-19-11-9-18(10-12-19)29-4-2/h1,5-12H,4,13-15H2,2H3,(H,24,28). The summed E-state index contributed by atoms with van der Waals surface area (Å²) in [6.45, 7) is 2.91. The maximum absolute atomic E-state index is 11.9. The first-order chi connectivity index (χ1) is 15.1. The van der Waals surface area contributed by atoms with Crippen LogP contribution in [0, 0.1) is 12.3 Å². The fraction of sp³-hybridized carbons (Fsp3) is 0.227. The van der Waals surface area contributed by atoms with Crippen molar-refractivity contribution in [3.63, 3.8) is 0 Å². The molecule has 1 amide bonds. The first-order valence-electron chi connectivity index (χ1n) is 9.49. The molecule has 160 valence electrons. The molecular formula is C22H21ClN4O3S. The van der Waals surface area contributed by atoms with Crippen molar-refractivity contribution in [3.8, 4) is 29.5 Å². The van der Waals surface area contributed by atoms with Gasteiger partial charge in [-0.25, -0.2) is 0 Å². The molecular weight excluding hydrogens is 436 g/mol. The Morgan fingerprint density at radius 3 is 2.45 bits per heavy atom. The predicted octanol–water partition coefficient (Wildman–Crippen LogP) is 3.74. The molecule has 0 spiro atoms. The number of terminal acetylenes is 1. The van der Waals surface area contributed by atoms with Crippen molar-refractivity contribution in [2.45, 2.75) is 18.7 Å². The van der Waals surface area contributed by atoms with Gasteiger partial charge < -0.3 is 14.8 Å². The molecule has 0 aliphatic rings. The van der Waals surface area contributed by atoms with Gasteiger partial charge in [0.2, 0.25) is 5.91 Å². The summed E-state index contributed by atoms with van der Waals surface area (Å²) >= 11 is 7.29. The van der Waals surface area contributed by atoms with Crippen LogP contribution >= 0.6 is 23.4 Å². The minimum Gasteiger partial charge on any atom is -0.494 e. The van der Waals surface area contributed by atoms with Crippen LogP contribution in [-0.4, -0.2) is 39.6 Å². The zero-order valence-electron chi connectivity index (χ0n) is 16.9. The van der Waals surface area contributed by atoms with Gasteiger partial charge in [0, 0.05) is 10.7 Å². The molecule has 0 aliphatic carbocycles. The number of aromatic nitrogens is 3. The second-order valence-electron chi connectivity index (χ2n) is 6.17. The highest BCUT2D eigenvalue weighted by Crippen LogP contribution is 2.25. The number of rotatable bonds is 10. The number of hydrogen-bond acceptors (Lipinski definition) is 6. The number of halogens is 1. The van der Waals surface area contributed by atoms with Crippen molar-refractivity contribution in [2.24, 2.45) is 0 Å². The predicted molar refractivity (Wildman–Crippen MR) is 121 cm³/mol. The Bertz CT molecular complexity index is 1050. The van der Waals surface area contributed by atoms with Gasteiger partial charge >= 0.3 is 0 Å². The number of thioether (sulfide) groups is 1. The number of benzene rings is 2. The number of hydrogen-bond donors (Lipinski definition) is 1. The van der Waals surface area contributed by atoms with Crippen LogP contribution in [0.2, 0.25) is 5.02 Å². The lowest BCUT2D eigenvalue weighted by atomic mass is 10.3. The summed E-state index contributed by atoms with van der Waals surface area (Å²) in [6.07, 6.45) is 5.17. The van der Waals surface area contributed by atoms with Gasteiger partial charge in [-0.15, -0.1) is 16.6 Å². The van der Waals surface area contributed by atoms with Gasteiger partial charge in [0.1, 0.15) is 18.1 Å². The lowest BCUT2D eigenvalue weighted by Crippen LogP contribution is -2.25. The molecule has 3 aromatic rings. The highest BCUT2D eigenvalue weighted by molar-refractivity contribution is 7.99. The van der Waals surface area contributed by atoms with E-state index in [1.807, 2.05) is 47.9 Å². The lowest BCUT2D eigenvalue weighted by Gasteiger charge is -2.11. The molecule has 7 nitrogen and oxygen atoms in total. The van der Waals surface area contributed by atoms with Crippen LogP contribution in [0.25, 0.3) is 5.69 Å². The van der Waals surface area contributed by atoms with Crippen molar-refractivity contribution < 1.29 is 14.3 Å². The first-order valence-corrected chi connectivity index (χ1v) is 10.9. The summed E-state index contributed by atoms with van der Waals surface area (Å²) < 4.78 is 13.2. The zero-order chi connectivity index (χ0) is 22.1. The number of carbonyl (C=O) groups is 1. The Labute approximate surface area is 190 Å². The molecule has 0 atom stereocenters. The van der Waals surface area contributed by atoms with E-state index in [-0.39, 0.29) is 24.8 Å². The molecule has 9 heteroatoms. The largest absolute Gasteiger partial charge is 0.494 e. The molecule has 1 N–H and O–H groups in total. The molecule has 0 saturated heterocycles. The van der Waals surface area contributed by atoms with Crippen molar-refractivity contribution in [1.82, 2.24) is 20.1 Å². The number of carbonyl (C=O) groups excluding carboxylic acids is 1. The third-order valence-electron chi connectivity index (χ3n) is 4.01. The van der Waals surface area contributed by atoms with E-state index in [9.17, 15) is 4.79 Å². The Balaban J connectivity index is 1.77. The zero-order valence-corrected chi connectivity index (χ0v) is 18.4. The van der Waals surface area contributed by atoms with Crippen LogP contribution in [-0.2, 0) is 11.4 Å². The first kappa shape index (κ1) is 22.5. The average molecular weight is 457 g/mol. The van der Waals surface area contributed by atoms with Crippen molar-refractivity contribution >= 4 is 29.3 Å². The summed E-state index contributed by atoms with van der Waals surface area (Å²) in [5, 5.41) is 12.3. The summed E-state index contributed by atoms with van der Waals surface area (Å²) in [5.74, 6) is 4.40. The van der Waals surface area contributed by atoms with E-state index in [1.54, 1.807) is 12.1 Å². The van der Waals surface area contributed by atoms with E-state index < -0.39 is 0 Å². The Morgan fingerprint density at radius 1 is 1.13 bits per heavy atom. The molecule has 1 heterocycles. The SMILES string of the molecule is C#CCNC(=O)CSc1nnc(COc2ccc(OCC)cc2)n1-c1ccc(Cl)cc1. The quantitative estimate of drug-likeness (QED) is 0.370. The topological polar surface area (TPSA) is 78.3 Å². The number of nitrogens with one attached hydrogen (secondary N) is 1. The van der Waals surface area contributed by atoms with E-state index in [1.165, 1.54) is 11.8 Å². The van der Waals surface area contributed by atoms with Gasteiger partial charge in [-0.2, -0.15) is 0 Å². The van der Waals surface area contributed by atoms with E-state index >= 15 is 0 Å². The van der Waals surface area contributed by atoms with Crippen LogP contribution in [0.4, 0.5) is 0 Å². The third-order valence-corrected chi connectivity index (χ3v) is 5.19. The smallest absolute Gasteiger partial charge is 0.231 e. The Kier molecular flexibility index (Phi) is 8.21. The number of ether oxygens (including phenoxy) is 2. The third kappa shape index (κ3) is 6.41. The van der Waals surface area contributed by atoms with Crippen LogP contribution in [0.1, 0.15) is 12.7 Å². The Hall–Kier alpha value is -3.15. The molecule has 0 radical (unpaired) electrons. The molecule has 0 aliphatic heterocycles. The Morgan fingerprint density at radius 2 is 1.81 bits per heavy atom. The molecule has 3 rings (SSSR count). The summed E-state index contributed by atoms with van der Waals surface area (Å²) in [4.78, 5) is 11.9. The van der Waals surface area contributed by atoms with E-state index in [4.69, 9.17) is 27.5 Å². The maximum Gasteiger partial charge on any atom is 0.231 e. The fourth-order valence-corrected chi connectivity index (χ4v) is 3.54. The van der Waals surface area contributed by atoms with E-state index in [0.717, 1.165) is 11.4 Å². The highest BCUT2D eigenvalue weighted by atomic mass is 35.5. The van der Waals surface area contributed by atoms with Gasteiger partial charge in [-0.05, 0) is 55.5 Å². The molecule has 0 fully saturated rings. The molecule has 1 aromatic heterocycles. The monoisotopic (exact) mass is 456 g/mol. The van der Waals surface area contributed by atoms with Crippen LogP contribution < -0.4 is 14.8 Å². The van der Waals surface area contributed by atoms with Crippen molar-refractivity contribution in [2.75, 3.05) is 18.9 Å². The second-order valence-corrected chi connectivity index (χ2v) is 7.55. The second kappa shape index (κ2) is 11.3. The lowest BCUT2D eigenvalue weighted by molar-refractivity contribution is -0.118. The minimum absolute atomic E-state index is 0.160. The normalized spacial score (nSPS) is 10.4. The summed E-state index contributed by atoms with van der Waals surface area (Å²) in [6, 6.07) is 14.6. The van der Waals surface area contributed by atoms with Gasteiger partial charge in [0.25, 0.3) is 0 Å². The van der Waals surface area contributed by atoms with Crippen molar-refractivity contribution in [3.05, 3.63) is 59.4 Å². The van der Waals surface area contributed by atoms with Crippen LogP contribution in [0.3, 0.4) is 0 Å². The van der Waals surface area contributed by atoms with Crippen LogP contribution in [0.5, 0.6) is 11.5 Å². The van der Waals surface area contributed by atoms with Crippen molar-refractivity contribution in [1.29, 1.82) is 0 Å².